The number of amides is 3. The number of hydroxylamine groups is 1. The average Bonchev–Trinajstić information content (AvgIpc) is 2.77. The van der Waals surface area contributed by atoms with Crippen LogP contribution in [0, 0.1) is 11.8 Å². The van der Waals surface area contributed by atoms with Crippen LogP contribution in [-0.2, 0) is 9.59 Å². The summed E-state index contributed by atoms with van der Waals surface area (Å²) in [5.74, 6) is 3.76. The SMILES string of the molecule is CNC(=O)C(C(=O)NO)N(C)C(=O)c1ccc(C#Cc2ccc(C(C)N)cc2)cc1. The first-order valence-electron chi connectivity index (χ1n) is 9.18. The van der Waals surface area contributed by atoms with Gasteiger partial charge in [0.2, 0.25) is 0 Å². The lowest BCUT2D eigenvalue weighted by Crippen LogP contribution is -2.54. The molecule has 0 aromatic heterocycles. The van der Waals surface area contributed by atoms with Crippen molar-refractivity contribution in [2.24, 2.45) is 5.73 Å². The number of nitrogens with one attached hydrogen (secondary N) is 2. The Balaban J connectivity index is 2.15. The second kappa shape index (κ2) is 10.2. The molecule has 2 aromatic carbocycles. The molecule has 0 fully saturated rings. The quantitative estimate of drug-likeness (QED) is 0.252. The van der Waals surface area contributed by atoms with Crippen LogP contribution in [0.15, 0.2) is 48.5 Å². The summed E-state index contributed by atoms with van der Waals surface area (Å²) in [7, 11) is 2.63. The highest BCUT2D eigenvalue weighted by Gasteiger charge is 2.33. The summed E-state index contributed by atoms with van der Waals surface area (Å²) in [5, 5.41) is 11.1. The first kappa shape index (κ1) is 22.6. The number of hydrogen-bond donors (Lipinski definition) is 4. The summed E-state index contributed by atoms with van der Waals surface area (Å²) in [6, 6.07) is 12.5. The molecule has 2 aromatic rings. The van der Waals surface area contributed by atoms with Gasteiger partial charge in [-0.2, -0.15) is 0 Å². The maximum Gasteiger partial charge on any atom is 0.275 e. The van der Waals surface area contributed by atoms with Gasteiger partial charge in [-0.25, -0.2) is 5.48 Å². The summed E-state index contributed by atoms with van der Waals surface area (Å²) in [4.78, 5) is 37.3. The molecule has 8 heteroatoms. The van der Waals surface area contributed by atoms with Crippen molar-refractivity contribution in [1.82, 2.24) is 15.7 Å². The Morgan fingerprint density at radius 1 is 0.967 bits per heavy atom. The van der Waals surface area contributed by atoms with Gasteiger partial charge < -0.3 is 16.0 Å². The van der Waals surface area contributed by atoms with Gasteiger partial charge in [-0.1, -0.05) is 24.0 Å². The van der Waals surface area contributed by atoms with Crippen molar-refractivity contribution in [3.63, 3.8) is 0 Å². The zero-order chi connectivity index (χ0) is 22.3. The van der Waals surface area contributed by atoms with Gasteiger partial charge in [0.05, 0.1) is 0 Å². The minimum absolute atomic E-state index is 0.0401. The van der Waals surface area contributed by atoms with Crippen LogP contribution < -0.4 is 16.5 Å². The fraction of sp³-hybridized carbons (Fsp3) is 0.227. The molecule has 2 atom stereocenters. The molecule has 0 saturated carbocycles. The third-order valence-corrected chi connectivity index (χ3v) is 4.48. The lowest BCUT2D eigenvalue weighted by molar-refractivity contribution is -0.140. The van der Waals surface area contributed by atoms with Crippen LogP contribution in [0.1, 0.15) is 40.0 Å². The standard InChI is InChI=1S/C22H24N4O4/c1-14(23)17-10-6-15(7-11-17)4-5-16-8-12-18(13-9-16)22(29)26(3)19(20(27)24-2)21(28)25-30/h6-14,19,30H,23H2,1-3H3,(H,24,27)(H,25,28). The third-order valence-electron chi connectivity index (χ3n) is 4.48. The lowest BCUT2D eigenvalue weighted by Gasteiger charge is -2.25. The zero-order valence-corrected chi connectivity index (χ0v) is 17.0. The number of nitrogens with two attached hydrogens (primary N) is 1. The van der Waals surface area contributed by atoms with Gasteiger partial charge in [-0.05, 0) is 48.9 Å². The van der Waals surface area contributed by atoms with Crippen LogP contribution in [0.2, 0.25) is 0 Å². The van der Waals surface area contributed by atoms with E-state index in [0.717, 1.165) is 16.0 Å². The van der Waals surface area contributed by atoms with Crippen LogP contribution >= 0.6 is 0 Å². The van der Waals surface area contributed by atoms with Gasteiger partial charge >= 0.3 is 0 Å². The van der Waals surface area contributed by atoms with Crippen LogP contribution in [0.25, 0.3) is 0 Å². The Bertz CT molecular complexity index is 957. The van der Waals surface area contributed by atoms with Gasteiger partial charge in [-0.15, -0.1) is 0 Å². The van der Waals surface area contributed by atoms with Crippen LogP contribution in [-0.4, -0.2) is 48.0 Å². The molecule has 5 N–H and O–H groups in total. The Kier molecular flexibility index (Phi) is 7.69. The third kappa shape index (κ3) is 5.44. The predicted molar refractivity (Wildman–Crippen MR) is 111 cm³/mol. The van der Waals surface area contributed by atoms with Gasteiger partial charge in [0.25, 0.3) is 17.7 Å². The van der Waals surface area contributed by atoms with E-state index < -0.39 is 23.8 Å². The highest BCUT2D eigenvalue weighted by Crippen LogP contribution is 2.12. The molecule has 0 radical (unpaired) electrons. The van der Waals surface area contributed by atoms with E-state index in [9.17, 15) is 14.4 Å². The molecule has 0 spiro atoms. The number of nitrogens with zero attached hydrogens (tertiary/aromatic N) is 1. The van der Waals surface area contributed by atoms with Crippen molar-refractivity contribution < 1.29 is 19.6 Å². The number of likely N-dealkylation sites (N-methyl/N-ethyl adjacent to an activating group) is 2. The second-order valence-electron chi connectivity index (χ2n) is 6.65. The smallest absolute Gasteiger partial charge is 0.275 e. The van der Waals surface area contributed by atoms with E-state index >= 15 is 0 Å². The maximum absolute atomic E-state index is 12.6. The van der Waals surface area contributed by atoms with Crippen LogP contribution in [0.4, 0.5) is 0 Å². The fourth-order valence-electron chi connectivity index (χ4n) is 2.70. The molecule has 30 heavy (non-hydrogen) atoms. The van der Waals surface area contributed by atoms with Crippen LogP contribution in [0.5, 0.6) is 0 Å². The van der Waals surface area contributed by atoms with Gasteiger partial charge in [-0.3, -0.25) is 19.6 Å². The van der Waals surface area contributed by atoms with Crippen molar-refractivity contribution in [3.05, 3.63) is 70.8 Å². The highest BCUT2D eigenvalue weighted by molar-refractivity contribution is 6.08. The number of hydrogen-bond acceptors (Lipinski definition) is 5. The topological polar surface area (TPSA) is 125 Å². The largest absolute Gasteiger partial charge is 0.357 e. The van der Waals surface area contributed by atoms with E-state index in [0.29, 0.717) is 5.56 Å². The highest BCUT2D eigenvalue weighted by atomic mass is 16.5. The molecule has 2 unspecified atom stereocenters. The van der Waals surface area contributed by atoms with E-state index in [-0.39, 0.29) is 11.6 Å². The molecule has 0 aliphatic carbocycles. The molecule has 0 bridgehead atoms. The summed E-state index contributed by atoms with van der Waals surface area (Å²) < 4.78 is 0. The Morgan fingerprint density at radius 2 is 1.47 bits per heavy atom. The van der Waals surface area contributed by atoms with E-state index in [1.807, 2.05) is 31.2 Å². The fourth-order valence-corrected chi connectivity index (χ4v) is 2.70. The van der Waals surface area contributed by atoms with Crippen molar-refractivity contribution in [3.8, 4) is 11.8 Å². The second-order valence-corrected chi connectivity index (χ2v) is 6.65. The zero-order valence-electron chi connectivity index (χ0n) is 17.0. The Hall–Kier alpha value is -3.67. The molecule has 8 nitrogen and oxygen atoms in total. The van der Waals surface area contributed by atoms with Gasteiger partial charge in [0.1, 0.15) is 0 Å². The molecule has 0 aliphatic rings. The van der Waals surface area contributed by atoms with Gasteiger partial charge in [0, 0.05) is 36.8 Å². The summed E-state index contributed by atoms with van der Waals surface area (Å²) in [5.41, 5.74) is 10.1. The van der Waals surface area contributed by atoms with Crippen LogP contribution in [0.3, 0.4) is 0 Å². The molecule has 156 valence electrons. The molecular weight excluding hydrogens is 384 g/mol. The van der Waals surface area contributed by atoms with E-state index in [2.05, 4.69) is 17.2 Å². The molecular formula is C22H24N4O4. The Morgan fingerprint density at radius 3 is 1.90 bits per heavy atom. The van der Waals surface area contributed by atoms with Crippen molar-refractivity contribution in [2.45, 2.75) is 19.0 Å². The summed E-state index contributed by atoms with van der Waals surface area (Å²) in [6.45, 7) is 1.91. The number of rotatable bonds is 5. The molecule has 2 rings (SSSR count). The summed E-state index contributed by atoms with van der Waals surface area (Å²) in [6.07, 6.45) is 0. The normalized spacial score (nSPS) is 12.0. The molecule has 0 saturated heterocycles. The number of benzene rings is 2. The minimum Gasteiger partial charge on any atom is -0.357 e. The number of carbonyl (C=O) groups excluding carboxylic acids is 3. The van der Waals surface area contributed by atoms with E-state index in [1.165, 1.54) is 19.6 Å². The Labute approximate surface area is 175 Å². The van der Waals surface area contributed by atoms with Crippen molar-refractivity contribution in [2.75, 3.05) is 14.1 Å². The first-order valence-corrected chi connectivity index (χ1v) is 9.18. The van der Waals surface area contributed by atoms with Crippen molar-refractivity contribution >= 4 is 17.7 Å². The predicted octanol–water partition coefficient (Wildman–Crippen LogP) is 0.798. The van der Waals surface area contributed by atoms with Crippen molar-refractivity contribution in [1.29, 1.82) is 0 Å². The first-order chi connectivity index (χ1) is 14.3. The minimum atomic E-state index is -1.51. The average molecular weight is 408 g/mol. The van der Waals surface area contributed by atoms with Gasteiger partial charge in [0.15, 0.2) is 6.04 Å². The number of carbonyl (C=O) groups is 3. The monoisotopic (exact) mass is 408 g/mol. The molecule has 0 aliphatic heterocycles. The maximum atomic E-state index is 12.6. The van der Waals surface area contributed by atoms with E-state index in [4.69, 9.17) is 10.9 Å². The summed E-state index contributed by atoms with van der Waals surface area (Å²) >= 11 is 0. The lowest BCUT2D eigenvalue weighted by atomic mass is 10.1. The molecule has 3 amide bonds. The molecule has 0 heterocycles. The van der Waals surface area contributed by atoms with E-state index in [1.54, 1.807) is 24.3 Å².